The standard InChI is InChI=1S/C27H32FN5O/c1-17(2)19-6-8-32(9-7-19)22-11-23(15-29-14-22)33-16-20(13-30-33)24-12-25(26(28)10-18(24)3)27(34)31-21-4-5-21/h10-17,19,21H,4-9H2,1-3H3,(H,31,34). The summed E-state index contributed by atoms with van der Waals surface area (Å²) in [4.78, 5) is 19.4. The Labute approximate surface area is 200 Å². The third kappa shape index (κ3) is 4.69. The Morgan fingerprint density at radius 3 is 2.50 bits per heavy atom. The highest BCUT2D eigenvalue weighted by Crippen LogP contribution is 2.30. The molecule has 0 radical (unpaired) electrons. The number of hydrogen-bond donors (Lipinski definition) is 1. The van der Waals surface area contributed by atoms with E-state index in [2.05, 4.69) is 40.2 Å². The van der Waals surface area contributed by atoms with Crippen LogP contribution in [0.2, 0.25) is 0 Å². The van der Waals surface area contributed by atoms with Gasteiger partial charge in [0.15, 0.2) is 0 Å². The number of nitrogens with zero attached hydrogens (tertiary/aromatic N) is 4. The van der Waals surface area contributed by atoms with Gasteiger partial charge in [-0.3, -0.25) is 9.78 Å². The van der Waals surface area contributed by atoms with Crippen LogP contribution >= 0.6 is 0 Å². The lowest BCUT2D eigenvalue weighted by Crippen LogP contribution is -2.35. The monoisotopic (exact) mass is 461 g/mol. The normalized spacial score (nSPS) is 16.8. The van der Waals surface area contributed by atoms with Crippen LogP contribution in [0.5, 0.6) is 0 Å². The molecule has 3 heterocycles. The molecule has 3 aromatic rings. The summed E-state index contributed by atoms with van der Waals surface area (Å²) in [5.74, 6) is 0.664. The highest BCUT2D eigenvalue weighted by molar-refractivity contribution is 5.96. The van der Waals surface area contributed by atoms with Crippen molar-refractivity contribution in [2.45, 2.75) is 52.5 Å². The highest BCUT2D eigenvalue weighted by Gasteiger charge is 2.26. The quantitative estimate of drug-likeness (QED) is 0.552. The minimum absolute atomic E-state index is 0.0775. The number of amides is 1. The molecule has 2 aliphatic rings. The zero-order valence-corrected chi connectivity index (χ0v) is 20.1. The van der Waals surface area contributed by atoms with Crippen LogP contribution in [0.4, 0.5) is 10.1 Å². The van der Waals surface area contributed by atoms with Gasteiger partial charge in [-0.1, -0.05) is 13.8 Å². The molecule has 1 aliphatic heterocycles. The van der Waals surface area contributed by atoms with Crippen molar-refractivity contribution in [2.75, 3.05) is 18.0 Å². The van der Waals surface area contributed by atoms with Crippen molar-refractivity contribution >= 4 is 11.6 Å². The Bertz CT molecular complexity index is 1190. The summed E-state index contributed by atoms with van der Waals surface area (Å²) in [6.07, 6.45) is 11.7. The molecule has 2 fully saturated rings. The fourth-order valence-electron chi connectivity index (χ4n) is 4.79. The maximum absolute atomic E-state index is 14.5. The van der Waals surface area contributed by atoms with Crippen molar-refractivity contribution in [3.63, 3.8) is 0 Å². The number of carbonyl (C=O) groups excluding carboxylic acids is 1. The van der Waals surface area contributed by atoms with Gasteiger partial charge in [0.2, 0.25) is 0 Å². The van der Waals surface area contributed by atoms with Crippen molar-refractivity contribution < 1.29 is 9.18 Å². The number of aromatic nitrogens is 3. The molecule has 1 N–H and O–H groups in total. The van der Waals surface area contributed by atoms with E-state index in [1.807, 2.05) is 19.3 Å². The molecular formula is C27H32FN5O. The zero-order chi connectivity index (χ0) is 23.8. The zero-order valence-electron chi connectivity index (χ0n) is 20.1. The van der Waals surface area contributed by atoms with Gasteiger partial charge in [-0.25, -0.2) is 9.07 Å². The molecule has 5 rings (SSSR count). The van der Waals surface area contributed by atoms with Gasteiger partial charge in [0.1, 0.15) is 5.82 Å². The molecule has 1 aromatic carbocycles. The SMILES string of the molecule is Cc1cc(F)c(C(=O)NC2CC2)cc1-c1cnn(-c2cncc(N3CCC(C(C)C)CC3)c2)c1. The van der Waals surface area contributed by atoms with Gasteiger partial charge in [0.05, 0.1) is 35.5 Å². The van der Waals surface area contributed by atoms with E-state index in [9.17, 15) is 9.18 Å². The maximum atomic E-state index is 14.5. The van der Waals surface area contributed by atoms with Gasteiger partial charge in [0.25, 0.3) is 5.91 Å². The number of anilines is 1. The second kappa shape index (κ2) is 9.20. The lowest BCUT2D eigenvalue weighted by Gasteiger charge is -2.35. The number of hydrogen-bond acceptors (Lipinski definition) is 4. The van der Waals surface area contributed by atoms with Crippen molar-refractivity contribution in [2.24, 2.45) is 11.8 Å². The molecular weight excluding hydrogens is 429 g/mol. The Morgan fingerprint density at radius 1 is 1.06 bits per heavy atom. The average molecular weight is 462 g/mol. The van der Waals surface area contributed by atoms with E-state index in [4.69, 9.17) is 0 Å². The van der Waals surface area contributed by atoms with Crippen LogP contribution < -0.4 is 10.2 Å². The summed E-state index contributed by atoms with van der Waals surface area (Å²) in [6.45, 7) is 8.55. The van der Waals surface area contributed by atoms with E-state index >= 15 is 0 Å². The lowest BCUT2D eigenvalue weighted by atomic mass is 9.86. The van der Waals surface area contributed by atoms with Crippen LogP contribution in [0, 0.1) is 24.6 Å². The number of piperidine rings is 1. The lowest BCUT2D eigenvalue weighted by molar-refractivity contribution is 0.0947. The first-order valence-electron chi connectivity index (χ1n) is 12.3. The molecule has 6 nitrogen and oxygen atoms in total. The van der Waals surface area contributed by atoms with E-state index in [0.717, 1.165) is 65.8 Å². The Hall–Kier alpha value is -3.22. The van der Waals surface area contributed by atoms with Crippen LogP contribution in [0.1, 0.15) is 55.5 Å². The van der Waals surface area contributed by atoms with Crippen molar-refractivity contribution in [1.29, 1.82) is 0 Å². The first-order valence-corrected chi connectivity index (χ1v) is 12.3. The van der Waals surface area contributed by atoms with Crippen LogP contribution in [-0.2, 0) is 0 Å². The topological polar surface area (TPSA) is 63.1 Å². The summed E-state index contributed by atoms with van der Waals surface area (Å²) in [5.41, 5.74) is 4.46. The minimum atomic E-state index is -0.495. The number of halogens is 1. The fraction of sp³-hybridized carbons (Fsp3) is 0.444. The second-order valence-electron chi connectivity index (χ2n) is 10.0. The molecule has 1 saturated heterocycles. The van der Waals surface area contributed by atoms with E-state index < -0.39 is 5.82 Å². The summed E-state index contributed by atoms with van der Waals surface area (Å²) < 4.78 is 16.3. The number of benzene rings is 1. The summed E-state index contributed by atoms with van der Waals surface area (Å²) in [5, 5.41) is 7.42. The number of nitrogens with one attached hydrogen (secondary N) is 1. The molecule has 0 bridgehead atoms. The summed E-state index contributed by atoms with van der Waals surface area (Å²) >= 11 is 0. The van der Waals surface area contributed by atoms with Gasteiger partial charge in [-0.2, -0.15) is 5.10 Å². The third-order valence-electron chi connectivity index (χ3n) is 7.19. The fourth-order valence-corrected chi connectivity index (χ4v) is 4.79. The van der Waals surface area contributed by atoms with Crippen LogP contribution in [-0.4, -0.2) is 39.8 Å². The summed E-state index contributed by atoms with van der Waals surface area (Å²) in [7, 11) is 0. The average Bonchev–Trinajstić information content (AvgIpc) is 3.51. The van der Waals surface area contributed by atoms with Crippen LogP contribution in [0.15, 0.2) is 43.0 Å². The first-order chi connectivity index (χ1) is 16.4. The highest BCUT2D eigenvalue weighted by atomic mass is 19.1. The van der Waals surface area contributed by atoms with Gasteiger partial charge < -0.3 is 10.2 Å². The van der Waals surface area contributed by atoms with E-state index in [-0.39, 0.29) is 17.5 Å². The Morgan fingerprint density at radius 2 is 1.79 bits per heavy atom. The van der Waals surface area contributed by atoms with Gasteiger partial charge >= 0.3 is 0 Å². The van der Waals surface area contributed by atoms with Gasteiger partial charge in [-0.15, -0.1) is 0 Å². The molecule has 2 aromatic heterocycles. The van der Waals surface area contributed by atoms with Crippen molar-refractivity contribution in [3.8, 4) is 16.8 Å². The molecule has 1 saturated carbocycles. The molecule has 0 atom stereocenters. The molecule has 7 heteroatoms. The van der Waals surface area contributed by atoms with Crippen LogP contribution in [0.25, 0.3) is 16.8 Å². The molecule has 1 amide bonds. The molecule has 0 spiro atoms. The van der Waals surface area contributed by atoms with E-state index in [1.54, 1.807) is 23.1 Å². The van der Waals surface area contributed by atoms with E-state index in [0.29, 0.717) is 0 Å². The predicted molar refractivity (Wildman–Crippen MR) is 132 cm³/mol. The molecule has 34 heavy (non-hydrogen) atoms. The molecule has 178 valence electrons. The minimum Gasteiger partial charge on any atom is -0.370 e. The number of carbonyl (C=O) groups is 1. The first kappa shape index (κ1) is 22.6. The largest absolute Gasteiger partial charge is 0.370 e. The Kier molecular flexibility index (Phi) is 6.11. The van der Waals surface area contributed by atoms with Crippen LogP contribution in [0.3, 0.4) is 0 Å². The molecule has 0 unspecified atom stereocenters. The number of pyridine rings is 1. The summed E-state index contributed by atoms with van der Waals surface area (Å²) in [6, 6.07) is 5.36. The predicted octanol–water partition coefficient (Wildman–Crippen LogP) is 5.15. The van der Waals surface area contributed by atoms with Crippen molar-refractivity contribution in [3.05, 3.63) is 59.9 Å². The van der Waals surface area contributed by atoms with Crippen molar-refractivity contribution in [1.82, 2.24) is 20.1 Å². The van der Waals surface area contributed by atoms with Gasteiger partial charge in [0, 0.05) is 30.9 Å². The third-order valence-corrected chi connectivity index (χ3v) is 7.19. The van der Waals surface area contributed by atoms with Gasteiger partial charge in [-0.05, 0) is 73.8 Å². The smallest absolute Gasteiger partial charge is 0.254 e. The maximum Gasteiger partial charge on any atom is 0.254 e. The number of rotatable bonds is 6. The number of aryl methyl sites for hydroxylation is 1. The second-order valence-corrected chi connectivity index (χ2v) is 10.0. The molecule has 1 aliphatic carbocycles. The van der Waals surface area contributed by atoms with E-state index in [1.165, 1.54) is 18.9 Å². The Balaban J connectivity index is 1.37.